The molecule has 1 aromatic carbocycles. The monoisotopic (exact) mass is 308 g/mol. The molecule has 0 saturated heterocycles. The predicted octanol–water partition coefficient (Wildman–Crippen LogP) is 0.392. The van der Waals surface area contributed by atoms with Crippen molar-refractivity contribution in [1.82, 2.24) is 0 Å². The van der Waals surface area contributed by atoms with Crippen molar-refractivity contribution in [3.05, 3.63) is 47.7 Å². The standard InChI is InChI=1S/C15H16O7/c16-7-10(17)12(18)13(19)11-6-9(15(20)21)14(22-11)8-4-2-1-3-5-8/h1-6,10,12-13,16-19H,7H2,(H,20,21)/t10-,12-,13-/m1/s1. The molecule has 2 aromatic rings. The molecule has 0 amide bonds. The predicted molar refractivity (Wildman–Crippen MR) is 75.2 cm³/mol. The van der Waals surface area contributed by atoms with Crippen LogP contribution in [0.4, 0.5) is 0 Å². The fourth-order valence-electron chi connectivity index (χ4n) is 2.01. The van der Waals surface area contributed by atoms with Gasteiger partial charge in [0.05, 0.1) is 6.61 Å². The highest BCUT2D eigenvalue weighted by molar-refractivity contribution is 5.94. The Bertz CT molecular complexity index is 635. The number of rotatable bonds is 6. The highest BCUT2D eigenvalue weighted by Gasteiger charge is 2.30. The van der Waals surface area contributed by atoms with Crippen LogP contribution in [0.1, 0.15) is 22.2 Å². The molecular formula is C15H16O7. The van der Waals surface area contributed by atoms with E-state index in [1.165, 1.54) is 0 Å². The minimum Gasteiger partial charge on any atom is -0.478 e. The van der Waals surface area contributed by atoms with E-state index < -0.39 is 30.9 Å². The zero-order chi connectivity index (χ0) is 16.3. The maximum Gasteiger partial charge on any atom is 0.339 e. The second-order valence-electron chi connectivity index (χ2n) is 4.75. The topological polar surface area (TPSA) is 131 Å². The van der Waals surface area contributed by atoms with Gasteiger partial charge in [0.15, 0.2) is 0 Å². The summed E-state index contributed by atoms with van der Waals surface area (Å²) < 4.78 is 5.36. The van der Waals surface area contributed by atoms with Gasteiger partial charge in [0, 0.05) is 5.56 Å². The van der Waals surface area contributed by atoms with Crippen molar-refractivity contribution in [3.8, 4) is 11.3 Å². The number of hydrogen-bond donors (Lipinski definition) is 5. The van der Waals surface area contributed by atoms with Gasteiger partial charge in [0.25, 0.3) is 0 Å². The first-order valence-electron chi connectivity index (χ1n) is 6.53. The Hall–Kier alpha value is -2.19. The Morgan fingerprint density at radius 3 is 2.32 bits per heavy atom. The SMILES string of the molecule is O=C(O)c1cc([C@@H](O)[C@H](O)[C@H](O)CO)oc1-c1ccccc1. The number of aromatic carboxylic acids is 1. The van der Waals surface area contributed by atoms with Crippen LogP contribution in [0.2, 0.25) is 0 Å². The largest absolute Gasteiger partial charge is 0.478 e. The molecule has 0 aliphatic carbocycles. The van der Waals surface area contributed by atoms with Gasteiger partial charge in [-0.15, -0.1) is 0 Å². The summed E-state index contributed by atoms with van der Waals surface area (Å²) >= 11 is 0. The van der Waals surface area contributed by atoms with Gasteiger partial charge in [0.2, 0.25) is 0 Å². The Morgan fingerprint density at radius 1 is 1.14 bits per heavy atom. The molecule has 7 nitrogen and oxygen atoms in total. The smallest absolute Gasteiger partial charge is 0.339 e. The Kier molecular flexibility index (Phi) is 4.94. The molecule has 3 atom stereocenters. The fourth-order valence-corrected chi connectivity index (χ4v) is 2.01. The normalized spacial score (nSPS) is 15.3. The third kappa shape index (κ3) is 3.18. The number of benzene rings is 1. The van der Waals surface area contributed by atoms with Crippen molar-refractivity contribution in [2.75, 3.05) is 6.61 Å². The first kappa shape index (κ1) is 16.2. The van der Waals surface area contributed by atoms with Crippen LogP contribution in [0.5, 0.6) is 0 Å². The zero-order valence-corrected chi connectivity index (χ0v) is 11.5. The Balaban J connectivity index is 2.41. The van der Waals surface area contributed by atoms with Gasteiger partial charge < -0.3 is 29.9 Å². The fraction of sp³-hybridized carbons (Fsp3) is 0.267. The van der Waals surface area contributed by atoms with Crippen molar-refractivity contribution in [3.63, 3.8) is 0 Å². The van der Waals surface area contributed by atoms with Crippen molar-refractivity contribution < 1.29 is 34.7 Å². The lowest BCUT2D eigenvalue weighted by atomic mass is 10.1. The van der Waals surface area contributed by atoms with Gasteiger partial charge in [0.1, 0.15) is 35.4 Å². The van der Waals surface area contributed by atoms with E-state index in [2.05, 4.69) is 0 Å². The summed E-state index contributed by atoms with van der Waals surface area (Å²) in [6.07, 6.45) is -4.95. The Morgan fingerprint density at radius 2 is 1.77 bits per heavy atom. The average molecular weight is 308 g/mol. The maximum atomic E-state index is 11.3. The van der Waals surface area contributed by atoms with E-state index in [4.69, 9.17) is 9.52 Å². The van der Waals surface area contributed by atoms with Crippen LogP contribution in [0.15, 0.2) is 40.8 Å². The molecule has 0 radical (unpaired) electrons. The first-order valence-corrected chi connectivity index (χ1v) is 6.53. The molecule has 0 aliphatic heterocycles. The average Bonchev–Trinajstić information content (AvgIpc) is 2.99. The number of hydrogen-bond acceptors (Lipinski definition) is 6. The Labute approximate surface area is 125 Å². The lowest BCUT2D eigenvalue weighted by Gasteiger charge is -2.19. The van der Waals surface area contributed by atoms with Crippen LogP contribution < -0.4 is 0 Å². The van der Waals surface area contributed by atoms with E-state index in [1.54, 1.807) is 30.3 Å². The summed E-state index contributed by atoms with van der Waals surface area (Å²) in [4.78, 5) is 11.3. The lowest BCUT2D eigenvalue weighted by molar-refractivity contribution is -0.0834. The quantitative estimate of drug-likeness (QED) is 0.521. The highest BCUT2D eigenvalue weighted by atomic mass is 16.4. The van der Waals surface area contributed by atoms with Crippen molar-refractivity contribution in [2.45, 2.75) is 18.3 Å². The summed E-state index contributed by atoms with van der Waals surface area (Å²) in [5, 5.41) is 47.0. The molecule has 0 saturated carbocycles. The molecule has 0 aliphatic rings. The molecule has 0 fully saturated rings. The van der Waals surface area contributed by atoms with Gasteiger partial charge in [-0.05, 0) is 6.07 Å². The number of carboxylic acid groups (broad SMARTS) is 1. The van der Waals surface area contributed by atoms with Gasteiger partial charge in [-0.2, -0.15) is 0 Å². The minimum atomic E-state index is -1.71. The summed E-state index contributed by atoms with van der Waals surface area (Å²) in [5.41, 5.74) is 0.321. The number of carbonyl (C=O) groups is 1. The second kappa shape index (κ2) is 6.71. The van der Waals surface area contributed by atoms with Gasteiger partial charge in [-0.25, -0.2) is 4.79 Å². The molecule has 5 N–H and O–H groups in total. The molecule has 22 heavy (non-hydrogen) atoms. The molecular weight excluding hydrogens is 292 g/mol. The van der Waals surface area contributed by atoms with Gasteiger partial charge in [-0.1, -0.05) is 30.3 Å². The molecule has 1 heterocycles. The van der Waals surface area contributed by atoms with Crippen LogP contribution in [-0.4, -0.2) is 50.3 Å². The van der Waals surface area contributed by atoms with Crippen molar-refractivity contribution in [2.24, 2.45) is 0 Å². The molecule has 0 bridgehead atoms. The van der Waals surface area contributed by atoms with Crippen LogP contribution in [0.3, 0.4) is 0 Å². The second-order valence-corrected chi connectivity index (χ2v) is 4.75. The number of furan rings is 1. The van der Waals surface area contributed by atoms with E-state index in [9.17, 15) is 25.2 Å². The molecule has 2 rings (SSSR count). The molecule has 1 aromatic heterocycles. The maximum absolute atomic E-state index is 11.3. The van der Waals surface area contributed by atoms with Crippen LogP contribution in [0, 0.1) is 0 Å². The molecule has 7 heteroatoms. The van der Waals surface area contributed by atoms with Gasteiger partial charge >= 0.3 is 5.97 Å². The van der Waals surface area contributed by atoms with Crippen LogP contribution >= 0.6 is 0 Å². The third-order valence-corrected chi connectivity index (χ3v) is 3.21. The zero-order valence-electron chi connectivity index (χ0n) is 11.5. The third-order valence-electron chi connectivity index (χ3n) is 3.21. The summed E-state index contributed by atoms with van der Waals surface area (Å²) in [5.74, 6) is -1.43. The highest BCUT2D eigenvalue weighted by Crippen LogP contribution is 2.31. The molecule has 0 spiro atoms. The van der Waals surface area contributed by atoms with E-state index >= 15 is 0 Å². The van der Waals surface area contributed by atoms with Gasteiger partial charge in [-0.3, -0.25) is 0 Å². The summed E-state index contributed by atoms with van der Waals surface area (Å²) in [6.45, 7) is -0.754. The minimum absolute atomic E-state index is 0.0350. The van der Waals surface area contributed by atoms with Crippen LogP contribution in [-0.2, 0) is 0 Å². The lowest BCUT2D eigenvalue weighted by Crippen LogP contribution is -2.34. The molecule has 0 unspecified atom stereocenters. The van der Waals surface area contributed by atoms with E-state index in [0.29, 0.717) is 5.56 Å². The number of aliphatic hydroxyl groups is 4. The molecule has 118 valence electrons. The summed E-state index contributed by atoms with van der Waals surface area (Å²) in [6, 6.07) is 9.52. The van der Waals surface area contributed by atoms with Crippen LogP contribution in [0.25, 0.3) is 11.3 Å². The summed E-state index contributed by atoms with van der Waals surface area (Å²) in [7, 11) is 0. The number of carboxylic acids is 1. The first-order chi connectivity index (χ1) is 10.5. The number of aliphatic hydroxyl groups excluding tert-OH is 4. The van der Waals surface area contributed by atoms with Crippen molar-refractivity contribution >= 4 is 5.97 Å². The van der Waals surface area contributed by atoms with E-state index in [-0.39, 0.29) is 17.1 Å². The van der Waals surface area contributed by atoms with Crippen molar-refractivity contribution in [1.29, 1.82) is 0 Å². The van der Waals surface area contributed by atoms with E-state index in [1.807, 2.05) is 0 Å². The van der Waals surface area contributed by atoms with E-state index in [0.717, 1.165) is 6.07 Å².